The van der Waals surface area contributed by atoms with E-state index in [0.29, 0.717) is 11.3 Å². The summed E-state index contributed by atoms with van der Waals surface area (Å²) in [6, 6.07) is 11.2. The second-order valence-corrected chi connectivity index (χ2v) is 7.05. The highest BCUT2D eigenvalue weighted by Gasteiger charge is 2.18. The summed E-state index contributed by atoms with van der Waals surface area (Å²) in [5.74, 6) is 0. The van der Waals surface area contributed by atoms with Crippen LogP contribution in [0.1, 0.15) is 11.1 Å². The van der Waals surface area contributed by atoms with E-state index in [1.54, 1.807) is 12.1 Å². The van der Waals surface area contributed by atoms with Gasteiger partial charge < -0.3 is 5.73 Å². The molecule has 0 atom stereocenters. The first-order valence-electron chi connectivity index (χ1n) is 5.91. The molecule has 0 saturated heterocycles. The monoisotopic (exact) mass is 365 g/mol. The SMILES string of the molecule is Cc1cc(Br)cc(NS(=O)(=O)c2ccc(C#N)cc2N)c1. The molecule has 2 aromatic rings. The lowest BCUT2D eigenvalue weighted by Crippen LogP contribution is -2.15. The van der Waals surface area contributed by atoms with Crippen LogP contribution in [0.3, 0.4) is 0 Å². The molecule has 0 fully saturated rings. The second-order valence-electron chi connectivity index (χ2n) is 4.49. The first-order chi connectivity index (χ1) is 9.81. The minimum Gasteiger partial charge on any atom is -0.398 e. The smallest absolute Gasteiger partial charge is 0.263 e. The fourth-order valence-corrected chi connectivity index (χ4v) is 3.63. The molecule has 0 amide bonds. The molecule has 21 heavy (non-hydrogen) atoms. The van der Waals surface area contributed by atoms with Gasteiger partial charge in [0, 0.05) is 4.47 Å². The first kappa shape index (κ1) is 15.4. The number of nitrogen functional groups attached to an aromatic ring is 1. The molecular weight excluding hydrogens is 354 g/mol. The van der Waals surface area contributed by atoms with Crippen LogP contribution in [0.4, 0.5) is 11.4 Å². The third-order valence-corrected chi connectivity index (χ3v) is 4.64. The van der Waals surface area contributed by atoms with Crippen LogP contribution in [0.15, 0.2) is 45.8 Å². The van der Waals surface area contributed by atoms with Gasteiger partial charge in [-0.1, -0.05) is 15.9 Å². The van der Waals surface area contributed by atoms with Crippen molar-refractivity contribution in [2.75, 3.05) is 10.5 Å². The minimum atomic E-state index is -3.81. The van der Waals surface area contributed by atoms with Crippen molar-refractivity contribution in [3.05, 3.63) is 52.0 Å². The van der Waals surface area contributed by atoms with Gasteiger partial charge in [0.05, 0.1) is 23.0 Å². The van der Waals surface area contributed by atoms with Crippen molar-refractivity contribution in [2.24, 2.45) is 0 Å². The maximum absolute atomic E-state index is 12.4. The lowest BCUT2D eigenvalue weighted by atomic mass is 10.2. The molecule has 7 heteroatoms. The van der Waals surface area contributed by atoms with Gasteiger partial charge in [-0.15, -0.1) is 0 Å². The summed E-state index contributed by atoms with van der Waals surface area (Å²) in [5.41, 5.74) is 7.41. The second kappa shape index (κ2) is 5.76. The van der Waals surface area contributed by atoms with Crippen molar-refractivity contribution in [2.45, 2.75) is 11.8 Å². The number of nitrogens with one attached hydrogen (secondary N) is 1. The summed E-state index contributed by atoms with van der Waals surface area (Å²) < 4.78 is 28.0. The number of halogens is 1. The topological polar surface area (TPSA) is 96.0 Å². The summed E-state index contributed by atoms with van der Waals surface area (Å²) in [6.07, 6.45) is 0. The van der Waals surface area contributed by atoms with E-state index in [-0.39, 0.29) is 10.6 Å². The van der Waals surface area contributed by atoms with Crippen molar-refractivity contribution < 1.29 is 8.42 Å². The van der Waals surface area contributed by atoms with E-state index in [1.807, 2.05) is 19.1 Å². The summed E-state index contributed by atoms with van der Waals surface area (Å²) >= 11 is 3.31. The molecule has 2 aromatic carbocycles. The number of nitrogens with two attached hydrogens (primary N) is 1. The maximum Gasteiger partial charge on any atom is 0.263 e. The van der Waals surface area contributed by atoms with Crippen molar-refractivity contribution in [3.8, 4) is 6.07 Å². The first-order valence-corrected chi connectivity index (χ1v) is 8.19. The summed E-state index contributed by atoms with van der Waals surface area (Å²) in [6.45, 7) is 1.86. The van der Waals surface area contributed by atoms with E-state index >= 15 is 0 Å². The minimum absolute atomic E-state index is 0.0354. The molecule has 2 rings (SSSR count). The van der Waals surface area contributed by atoms with Gasteiger partial charge in [0.25, 0.3) is 10.0 Å². The Labute approximate surface area is 131 Å². The molecule has 5 nitrogen and oxygen atoms in total. The number of aryl methyl sites for hydroxylation is 1. The molecule has 0 aliphatic rings. The Kier molecular flexibility index (Phi) is 4.21. The van der Waals surface area contributed by atoms with Gasteiger partial charge in [-0.2, -0.15) is 5.26 Å². The number of hydrogen-bond acceptors (Lipinski definition) is 4. The van der Waals surface area contributed by atoms with Crippen LogP contribution in [0, 0.1) is 18.3 Å². The highest BCUT2D eigenvalue weighted by molar-refractivity contribution is 9.10. The number of rotatable bonds is 3. The Hall–Kier alpha value is -2.04. The molecule has 0 bridgehead atoms. The Bertz CT molecular complexity index is 822. The zero-order valence-corrected chi connectivity index (χ0v) is 13.5. The zero-order chi connectivity index (χ0) is 15.6. The van der Waals surface area contributed by atoms with Crippen LogP contribution in [0.2, 0.25) is 0 Å². The standard InChI is InChI=1S/C14H12BrN3O2S/c1-9-4-11(15)7-12(5-9)18-21(19,20)14-3-2-10(8-16)6-13(14)17/h2-7,18H,17H2,1H3. The molecule has 0 unspecified atom stereocenters. The van der Waals surface area contributed by atoms with Gasteiger partial charge in [-0.05, 0) is 48.9 Å². The largest absolute Gasteiger partial charge is 0.398 e. The van der Waals surface area contributed by atoms with Gasteiger partial charge in [-0.25, -0.2) is 8.42 Å². The fourth-order valence-electron chi connectivity index (χ4n) is 1.87. The van der Waals surface area contributed by atoms with Gasteiger partial charge in [0.15, 0.2) is 0 Å². The Balaban J connectivity index is 2.41. The van der Waals surface area contributed by atoms with E-state index in [0.717, 1.165) is 10.0 Å². The van der Waals surface area contributed by atoms with Crippen LogP contribution in [0.25, 0.3) is 0 Å². The lowest BCUT2D eigenvalue weighted by molar-refractivity contribution is 0.601. The highest BCUT2D eigenvalue weighted by atomic mass is 79.9. The molecule has 0 aliphatic heterocycles. The molecule has 108 valence electrons. The fraction of sp³-hybridized carbons (Fsp3) is 0.0714. The Morgan fingerprint density at radius 1 is 1.24 bits per heavy atom. The summed E-state index contributed by atoms with van der Waals surface area (Å²) in [5, 5.41) is 8.78. The quantitative estimate of drug-likeness (QED) is 0.817. The van der Waals surface area contributed by atoms with Crippen LogP contribution in [-0.2, 0) is 10.0 Å². The van der Waals surface area contributed by atoms with Crippen LogP contribution >= 0.6 is 15.9 Å². The molecule has 0 saturated carbocycles. The molecule has 0 spiro atoms. The van der Waals surface area contributed by atoms with Crippen molar-refractivity contribution >= 4 is 37.3 Å². The number of nitriles is 1. The van der Waals surface area contributed by atoms with E-state index in [2.05, 4.69) is 20.7 Å². The number of hydrogen-bond donors (Lipinski definition) is 2. The number of benzene rings is 2. The van der Waals surface area contributed by atoms with Gasteiger partial charge in [0.2, 0.25) is 0 Å². The summed E-state index contributed by atoms with van der Waals surface area (Å²) in [7, 11) is -3.81. The third kappa shape index (κ3) is 3.54. The normalized spacial score (nSPS) is 10.9. The number of sulfonamides is 1. The lowest BCUT2D eigenvalue weighted by Gasteiger charge is -2.11. The van der Waals surface area contributed by atoms with E-state index < -0.39 is 10.0 Å². The Morgan fingerprint density at radius 2 is 1.95 bits per heavy atom. The van der Waals surface area contributed by atoms with Crippen LogP contribution < -0.4 is 10.5 Å². The maximum atomic E-state index is 12.4. The van der Waals surface area contributed by atoms with E-state index in [1.165, 1.54) is 18.2 Å². The van der Waals surface area contributed by atoms with Crippen molar-refractivity contribution in [3.63, 3.8) is 0 Å². The average Bonchev–Trinajstić information content (AvgIpc) is 2.36. The van der Waals surface area contributed by atoms with Crippen LogP contribution in [-0.4, -0.2) is 8.42 Å². The van der Waals surface area contributed by atoms with Gasteiger partial charge in [0.1, 0.15) is 4.90 Å². The predicted octanol–water partition coefficient (Wildman–Crippen LogP) is 3.01. The average molecular weight is 366 g/mol. The highest BCUT2D eigenvalue weighted by Crippen LogP contribution is 2.25. The van der Waals surface area contributed by atoms with Crippen molar-refractivity contribution in [1.82, 2.24) is 0 Å². The molecule has 0 aliphatic carbocycles. The molecule has 0 radical (unpaired) electrons. The zero-order valence-electron chi connectivity index (χ0n) is 11.1. The number of nitrogens with zero attached hydrogens (tertiary/aromatic N) is 1. The predicted molar refractivity (Wildman–Crippen MR) is 85.3 cm³/mol. The molecule has 0 heterocycles. The third-order valence-electron chi connectivity index (χ3n) is 2.72. The van der Waals surface area contributed by atoms with Gasteiger partial charge >= 0.3 is 0 Å². The Morgan fingerprint density at radius 3 is 2.52 bits per heavy atom. The van der Waals surface area contributed by atoms with Crippen LogP contribution in [0.5, 0.6) is 0 Å². The summed E-state index contributed by atoms with van der Waals surface area (Å²) in [4.78, 5) is -0.0564. The van der Waals surface area contributed by atoms with Gasteiger partial charge in [-0.3, -0.25) is 4.72 Å². The van der Waals surface area contributed by atoms with E-state index in [9.17, 15) is 8.42 Å². The van der Waals surface area contributed by atoms with E-state index in [4.69, 9.17) is 11.0 Å². The molecule has 3 N–H and O–H groups in total. The number of anilines is 2. The molecular formula is C14H12BrN3O2S. The van der Waals surface area contributed by atoms with Crippen molar-refractivity contribution in [1.29, 1.82) is 5.26 Å². The molecule has 0 aromatic heterocycles.